The molecule has 0 radical (unpaired) electrons. The molecule has 0 amide bonds. The lowest BCUT2D eigenvalue weighted by Gasteiger charge is -2.16. The molecule has 0 N–H and O–H groups in total. The molecule has 0 saturated heterocycles. The Kier molecular flexibility index (Phi) is 6.23. The number of carbonyl (C=O) groups is 2. The molecule has 1 heterocycles. The topological polar surface area (TPSA) is 70.4 Å². The summed E-state index contributed by atoms with van der Waals surface area (Å²) in [4.78, 5) is 24.3. The van der Waals surface area contributed by atoms with Crippen molar-refractivity contribution in [3.8, 4) is 5.69 Å². The molecule has 0 bridgehead atoms. The minimum Gasteiger partial charge on any atom is -0.465 e. The van der Waals surface area contributed by atoms with E-state index in [4.69, 9.17) is 32.7 Å². The smallest absolute Gasteiger partial charge is 0.324 e. The summed E-state index contributed by atoms with van der Waals surface area (Å²) in [5, 5.41) is 4.84. The zero-order valence-corrected chi connectivity index (χ0v) is 14.7. The molecule has 8 heteroatoms. The van der Waals surface area contributed by atoms with Crippen molar-refractivity contribution in [1.82, 2.24) is 9.78 Å². The van der Waals surface area contributed by atoms with Crippen molar-refractivity contribution in [3.63, 3.8) is 0 Å². The lowest BCUT2D eigenvalue weighted by molar-refractivity contribution is -0.156. The van der Waals surface area contributed by atoms with Crippen LogP contribution in [0.2, 0.25) is 10.0 Å². The van der Waals surface area contributed by atoms with E-state index in [9.17, 15) is 9.59 Å². The predicted molar refractivity (Wildman–Crippen MR) is 89.6 cm³/mol. The third kappa shape index (κ3) is 4.07. The highest BCUT2D eigenvalue weighted by Crippen LogP contribution is 2.28. The summed E-state index contributed by atoms with van der Waals surface area (Å²) in [6.07, 6.45) is 3.07. The van der Waals surface area contributed by atoms with Crippen molar-refractivity contribution in [1.29, 1.82) is 0 Å². The second-order valence-corrected chi connectivity index (χ2v) is 5.59. The van der Waals surface area contributed by atoms with E-state index in [0.29, 0.717) is 21.3 Å². The van der Waals surface area contributed by atoms with Gasteiger partial charge in [0.15, 0.2) is 5.92 Å². The van der Waals surface area contributed by atoms with Crippen LogP contribution in [-0.2, 0) is 19.1 Å². The summed E-state index contributed by atoms with van der Waals surface area (Å²) in [5.41, 5.74) is 0.956. The van der Waals surface area contributed by atoms with E-state index in [1.165, 1.54) is 16.9 Å². The van der Waals surface area contributed by atoms with E-state index in [1.54, 1.807) is 32.2 Å². The number of nitrogens with zero attached hydrogens (tertiary/aromatic N) is 2. The van der Waals surface area contributed by atoms with Gasteiger partial charge in [0.1, 0.15) is 0 Å². The SMILES string of the molecule is CCOC(=O)C(C(=O)OCC)c1ccc(-n2cc(Cl)cn2)c(Cl)c1. The second kappa shape index (κ2) is 8.17. The molecule has 0 unspecified atom stereocenters. The molecular weight excluding hydrogens is 355 g/mol. The van der Waals surface area contributed by atoms with Crippen molar-refractivity contribution < 1.29 is 19.1 Å². The fourth-order valence-corrected chi connectivity index (χ4v) is 2.55. The minimum atomic E-state index is -1.18. The molecule has 6 nitrogen and oxygen atoms in total. The highest BCUT2D eigenvalue weighted by molar-refractivity contribution is 6.32. The molecule has 2 aromatic rings. The van der Waals surface area contributed by atoms with Gasteiger partial charge in [-0.3, -0.25) is 9.59 Å². The van der Waals surface area contributed by atoms with Gasteiger partial charge < -0.3 is 9.47 Å². The zero-order chi connectivity index (χ0) is 17.7. The van der Waals surface area contributed by atoms with Crippen LogP contribution in [0.15, 0.2) is 30.6 Å². The molecule has 0 saturated carbocycles. The Morgan fingerprint density at radius 1 is 1.17 bits per heavy atom. The Bertz CT molecular complexity index is 727. The third-order valence-corrected chi connectivity index (χ3v) is 3.65. The number of esters is 2. The maximum absolute atomic E-state index is 12.1. The monoisotopic (exact) mass is 370 g/mol. The van der Waals surface area contributed by atoms with Crippen LogP contribution >= 0.6 is 23.2 Å². The number of hydrogen-bond donors (Lipinski definition) is 0. The molecule has 24 heavy (non-hydrogen) atoms. The second-order valence-electron chi connectivity index (χ2n) is 4.75. The number of ether oxygens (including phenoxy) is 2. The number of halogens is 2. The fourth-order valence-electron chi connectivity index (χ4n) is 2.14. The molecule has 0 aliphatic heterocycles. The Hall–Kier alpha value is -2.05. The predicted octanol–water partition coefficient (Wildman–Crippen LogP) is 3.39. The molecule has 0 aliphatic rings. The van der Waals surface area contributed by atoms with Crippen molar-refractivity contribution in [2.75, 3.05) is 13.2 Å². The average molecular weight is 371 g/mol. The van der Waals surface area contributed by atoms with Crippen LogP contribution in [0.4, 0.5) is 0 Å². The lowest BCUT2D eigenvalue weighted by Crippen LogP contribution is -2.26. The van der Waals surface area contributed by atoms with Crippen molar-refractivity contribution >= 4 is 35.1 Å². The first-order valence-corrected chi connectivity index (χ1v) is 8.06. The van der Waals surface area contributed by atoms with Crippen LogP contribution < -0.4 is 0 Å². The van der Waals surface area contributed by atoms with Gasteiger partial charge in [-0.25, -0.2) is 4.68 Å². The fraction of sp³-hybridized carbons (Fsp3) is 0.312. The first kappa shape index (κ1) is 18.3. The Morgan fingerprint density at radius 3 is 2.25 bits per heavy atom. The maximum atomic E-state index is 12.1. The zero-order valence-electron chi connectivity index (χ0n) is 13.2. The lowest BCUT2D eigenvalue weighted by atomic mass is 9.99. The normalized spacial score (nSPS) is 10.7. The highest BCUT2D eigenvalue weighted by atomic mass is 35.5. The van der Waals surface area contributed by atoms with Gasteiger partial charge in [0.2, 0.25) is 0 Å². The molecule has 0 atom stereocenters. The van der Waals surface area contributed by atoms with Gasteiger partial charge in [-0.05, 0) is 31.5 Å². The van der Waals surface area contributed by atoms with Gasteiger partial charge >= 0.3 is 11.9 Å². The summed E-state index contributed by atoms with van der Waals surface area (Å²) < 4.78 is 11.4. The maximum Gasteiger partial charge on any atom is 0.324 e. The molecule has 0 spiro atoms. The van der Waals surface area contributed by atoms with Crippen LogP contribution in [0.3, 0.4) is 0 Å². The Balaban J connectivity index is 2.38. The van der Waals surface area contributed by atoms with Crippen LogP contribution in [0.1, 0.15) is 25.3 Å². The van der Waals surface area contributed by atoms with E-state index in [-0.39, 0.29) is 13.2 Å². The first-order valence-electron chi connectivity index (χ1n) is 7.31. The van der Waals surface area contributed by atoms with Gasteiger partial charge in [-0.1, -0.05) is 29.3 Å². The molecule has 0 fully saturated rings. The van der Waals surface area contributed by atoms with E-state index < -0.39 is 17.9 Å². The van der Waals surface area contributed by atoms with E-state index in [1.807, 2.05) is 0 Å². The Morgan fingerprint density at radius 2 is 1.79 bits per heavy atom. The quantitative estimate of drug-likeness (QED) is 0.575. The molecule has 1 aromatic carbocycles. The highest BCUT2D eigenvalue weighted by Gasteiger charge is 2.32. The van der Waals surface area contributed by atoms with Gasteiger partial charge in [0.25, 0.3) is 0 Å². The largest absolute Gasteiger partial charge is 0.465 e. The Labute approximate surface area is 149 Å². The molecule has 128 valence electrons. The van der Waals surface area contributed by atoms with Gasteiger partial charge in [-0.2, -0.15) is 5.10 Å². The summed E-state index contributed by atoms with van der Waals surface area (Å²) >= 11 is 12.1. The van der Waals surface area contributed by atoms with Crippen molar-refractivity contribution in [2.45, 2.75) is 19.8 Å². The van der Waals surface area contributed by atoms with Crippen molar-refractivity contribution in [2.24, 2.45) is 0 Å². The van der Waals surface area contributed by atoms with E-state index in [2.05, 4.69) is 5.10 Å². The van der Waals surface area contributed by atoms with Crippen LogP contribution in [-0.4, -0.2) is 34.9 Å². The number of hydrogen-bond acceptors (Lipinski definition) is 5. The van der Waals surface area contributed by atoms with Gasteiger partial charge in [0, 0.05) is 6.20 Å². The summed E-state index contributed by atoms with van der Waals surface area (Å²) in [6, 6.07) is 4.77. The summed E-state index contributed by atoms with van der Waals surface area (Å²) in [7, 11) is 0. The molecule has 2 rings (SSSR count). The van der Waals surface area contributed by atoms with E-state index in [0.717, 1.165) is 0 Å². The number of aromatic nitrogens is 2. The van der Waals surface area contributed by atoms with Crippen molar-refractivity contribution in [3.05, 3.63) is 46.2 Å². The van der Waals surface area contributed by atoms with Crippen LogP contribution in [0.25, 0.3) is 5.69 Å². The number of rotatable bonds is 6. The summed E-state index contributed by atoms with van der Waals surface area (Å²) in [6.45, 7) is 3.65. The van der Waals surface area contributed by atoms with Crippen LogP contribution in [0, 0.1) is 0 Å². The van der Waals surface area contributed by atoms with E-state index >= 15 is 0 Å². The third-order valence-electron chi connectivity index (χ3n) is 3.15. The van der Waals surface area contributed by atoms with Crippen LogP contribution in [0.5, 0.6) is 0 Å². The molecule has 1 aromatic heterocycles. The summed E-state index contributed by atoms with van der Waals surface area (Å²) in [5.74, 6) is -2.54. The molecular formula is C16H16Cl2N2O4. The first-order chi connectivity index (χ1) is 11.5. The average Bonchev–Trinajstić information content (AvgIpc) is 2.94. The number of carbonyl (C=O) groups excluding carboxylic acids is 2. The minimum absolute atomic E-state index is 0.159. The number of benzene rings is 1. The van der Waals surface area contributed by atoms with Gasteiger partial charge in [0.05, 0.1) is 35.1 Å². The van der Waals surface area contributed by atoms with Gasteiger partial charge in [-0.15, -0.1) is 0 Å². The standard InChI is InChI=1S/C16H16Cl2N2O4/c1-3-23-15(21)14(16(22)24-4-2)10-5-6-13(12(18)7-10)20-9-11(17)8-19-20/h5-9,14H,3-4H2,1-2H3. The molecule has 0 aliphatic carbocycles.